The van der Waals surface area contributed by atoms with E-state index in [9.17, 15) is 9.90 Å². The number of carboxylic acids is 1. The van der Waals surface area contributed by atoms with E-state index >= 15 is 0 Å². The Morgan fingerprint density at radius 3 is 2.27 bits per heavy atom. The molecule has 0 fully saturated rings. The summed E-state index contributed by atoms with van der Waals surface area (Å²) in [7, 11) is 0. The van der Waals surface area contributed by atoms with Crippen LogP contribution in [0.15, 0.2) is 42.5 Å². The Labute approximate surface area is 155 Å². The smallest absolute Gasteiger partial charge is 0.307 e. The molecule has 3 nitrogen and oxygen atoms in total. The largest absolute Gasteiger partial charge is 0.481 e. The number of carbonyl (C=O) groups is 1. The van der Waals surface area contributed by atoms with Gasteiger partial charge < -0.3 is 10.1 Å². The summed E-state index contributed by atoms with van der Waals surface area (Å²) >= 11 is 0. The SMILES string of the molecule is CC(C)c1ccc(-c2[nH]c3ccc(C(C)(C)C)cc3c2CC(=O)O)cc1. The number of aromatic nitrogens is 1. The zero-order valence-corrected chi connectivity index (χ0v) is 16.2. The van der Waals surface area contributed by atoms with Crippen LogP contribution in [0, 0.1) is 0 Å². The summed E-state index contributed by atoms with van der Waals surface area (Å²) in [4.78, 5) is 15.0. The minimum atomic E-state index is -0.813. The third-order valence-corrected chi connectivity index (χ3v) is 4.97. The highest BCUT2D eigenvalue weighted by Crippen LogP contribution is 2.34. The molecule has 3 rings (SSSR count). The molecule has 1 aromatic heterocycles. The van der Waals surface area contributed by atoms with E-state index < -0.39 is 5.97 Å². The van der Waals surface area contributed by atoms with Crippen molar-refractivity contribution in [3.8, 4) is 11.3 Å². The van der Waals surface area contributed by atoms with Crippen molar-refractivity contribution in [2.75, 3.05) is 0 Å². The van der Waals surface area contributed by atoms with Crippen molar-refractivity contribution < 1.29 is 9.90 Å². The summed E-state index contributed by atoms with van der Waals surface area (Å²) in [5.74, 6) is -0.341. The molecule has 1 heterocycles. The molecule has 0 aliphatic carbocycles. The molecule has 136 valence electrons. The predicted octanol–water partition coefficient (Wildman–Crippen LogP) is 5.88. The molecule has 2 N–H and O–H groups in total. The van der Waals surface area contributed by atoms with Crippen molar-refractivity contribution >= 4 is 16.9 Å². The zero-order valence-electron chi connectivity index (χ0n) is 16.2. The first-order chi connectivity index (χ1) is 12.2. The summed E-state index contributed by atoms with van der Waals surface area (Å²) < 4.78 is 0. The number of nitrogens with one attached hydrogen (secondary N) is 1. The van der Waals surface area contributed by atoms with Gasteiger partial charge in [-0.3, -0.25) is 4.79 Å². The van der Waals surface area contributed by atoms with Crippen molar-refractivity contribution in [1.82, 2.24) is 4.98 Å². The lowest BCUT2D eigenvalue weighted by Crippen LogP contribution is -2.10. The molecule has 0 amide bonds. The Morgan fingerprint density at radius 2 is 1.73 bits per heavy atom. The van der Waals surface area contributed by atoms with Crippen LogP contribution in [-0.2, 0) is 16.6 Å². The van der Waals surface area contributed by atoms with Gasteiger partial charge >= 0.3 is 5.97 Å². The lowest BCUT2D eigenvalue weighted by molar-refractivity contribution is -0.136. The molecule has 0 bridgehead atoms. The number of benzene rings is 2. The number of rotatable bonds is 4. The standard InChI is InChI=1S/C23H27NO2/c1-14(2)15-6-8-16(9-7-15)22-19(13-21(25)26)18-12-17(23(3,4)5)10-11-20(18)24-22/h6-12,14,24H,13H2,1-5H3,(H,25,26). The van der Waals surface area contributed by atoms with Gasteiger partial charge in [0.1, 0.15) is 0 Å². The highest BCUT2D eigenvalue weighted by molar-refractivity contribution is 5.94. The minimum Gasteiger partial charge on any atom is -0.481 e. The van der Waals surface area contributed by atoms with E-state index in [1.807, 2.05) is 0 Å². The molecule has 3 heteroatoms. The highest BCUT2D eigenvalue weighted by Gasteiger charge is 2.19. The van der Waals surface area contributed by atoms with E-state index in [2.05, 4.69) is 82.1 Å². The molecule has 0 saturated carbocycles. The second kappa shape index (κ2) is 6.64. The first-order valence-electron chi connectivity index (χ1n) is 9.14. The van der Waals surface area contributed by atoms with Crippen LogP contribution in [0.2, 0.25) is 0 Å². The van der Waals surface area contributed by atoms with Crippen molar-refractivity contribution in [3.63, 3.8) is 0 Å². The van der Waals surface area contributed by atoms with E-state index in [1.54, 1.807) is 0 Å². The average Bonchev–Trinajstić information content (AvgIpc) is 2.91. The lowest BCUT2D eigenvalue weighted by Gasteiger charge is -2.19. The highest BCUT2D eigenvalue weighted by atomic mass is 16.4. The fraction of sp³-hybridized carbons (Fsp3) is 0.348. The van der Waals surface area contributed by atoms with Crippen LogP contribution in [0.5, 0.6) is 0 Å². The van der Waals surface area contributed by atoms with E-state index in [0.29, 0.717) is 5.92 Å². The average molecular weight is 349 g/mol. The van der Waals surface area contributed by atoms with E-state index in [0.717, 1.165) is 27.7 Å². The van der Waals surface area contributed by atoms with Gasteiger partial charge in [-0.05, 0) is 45.7 Å². The lowest BCUT2D eigenvalue weighted by atomic mass is 9.86. The Morgan fingerprint density at radius 1 is 1.08 bits per heavy atom. The van der Waals surface area contributed by atoms with Crippen molar-refractivity contribution in [3.05, 3.63) is 59.2 Å². The molecule has 0 radical (unpaired) electrons. The van der Waals surface area contributed by atoms with E-state index in [-0.39, 0.29) is 11.8 Å². The summed E-state index contributed by atoms with van der Waals surface area (Å²) in [6, 6.07) is 14.7. The summed E-state index contributed by atoms with van der Waals surface area (Å²) in [6.07, 6.45) is 0.00879. The van der Waals surface area contributed by atoms with Gasteiger partial charge in [0.05, 0.1) is 12.1 Å². The fourth-order valence-corrected chi connectivity index (χ4v) is 3.33. The topological polar surface area (TPSA) is 53.1 Å². The number of H-pyrrole nitrogens is 1. The van der Waals surface area contributed by atoms with Gasteiger partial charge in [-0.1, -0.05) is 65.0 Å². The second-order valence-electron chi connectivity index (χ2n) is 8.34. The van der Waals surface area contributed by atoms with Gasteiger partial charge in [0.25, 0.3) is 0 Å². The number of hydrogen-bond donors (Lipinski definition) is 2. The molecule has 26 heavy (non-hydrogen) atoms. The van der Waals surface area contributed by atoms with Crippen LogP contribution < -0.4 is 0 Å². The molecule has 2 aromatic carbocycles. The number of carboxylic acid groups (broad SMARTS) is 1. The quantitative estimate of drug-likeness (QED) is 0.617. The van der Waals surface area contributed by atoms with Crippen LogP contribution in [0.4, 0.5) is 0 Å². The maximum absolute atomic E-state index is 11.5. The molecule has 0 unspecified atom stereocenters. The number of aliphatic carboxylic acids is 1. The second-order valence-corrected chi connectivity index (χ2v) is 8.34. The third-order valence-electron chi connectivity index (χ3n) is 4.97. The molecular formula is C23H27NO2. The summed E-state index contributed by atoms with van der Waals surface area (Å²) in [5.41, 5.74) is 6.28. The van der Waals surface area contributed by atoms with Crippen LogP contribution in [0.25, 0.3) is 22.2 Å². The molecular weight excluding hydrogens is 322 g/mol. The maximum Gasteiger partial charge on any atom is 0.307 e. The first kappa shape index (κ1) is 18.2. The monoisotopic (exact) mass is 349 g/mol. The van der Waals surface area contributed by atoms with Gasteiger partial charge in [-0.2, -0.15) is 0 Å². The van der Waals surface area contributed by atoms with Crippen molar-refractivity contribution in [2.45, 2.75) is 52.4 Å². The van der Waals surface area contributed by atoms with Gasteiger partial charge in [-0.25, -0.2) is 0 Å². The van der Waals surface area contributed by atoms with Crippen LogP contribution in [0.1, 0.15) is 57.2 Å². The Balaban J connectivity index is 2.19. The molecule has 0 spiro atoms. The normalized spacial score (nSPS) is 12.1. The number of fused-ring (bicyclic) bond motifs is 1. The molecule has 0 aliphatic heterocycles. The summed E-state index contributed by atoms with van der Waals surface area (Å²) in [5, 5.41) is 10.5. The van der Waals surface area contributed by atoms with Gasteiger partial charge in [-0.15, -0.1) is 0 Å². The summed E-state index contributed by atoms with van der Waals surface area (Å²) in [6.45, 7) is 10.8. The maximum atomic E-state index is 11.5. The number of hydrogen-bond acceptors (Lipinski definition) is 1. The molecule has 0 aliphatic rings. The third kappa shape index (κ3) is 3.52. The predicted molar refractivity (Wildman–Crippen MR) is 108 cm³/mol. The van der Waals surface area contributed by atoms with Crippen LogP contribution >= 0.6 is 0 Å². The van der Waals surface area contributed by atoms with Gasteiger partial charge in [0.15, 0.2) is 0 Å². The Kier molecular flexibility index (Phi) is 4.66. The van der Waals surface area contributed by atoms with E-state index in [1.165, 1.54) is 11.1 Å². The first-order valence-corrected chi connectivity index (χ1v) is 9.14. The molecule has 0 saturated heterocycles. The van der Waals surface area contributed by atoms with Crippen LogP contribution in [-0.4, -0.2) is 16.1 Å². The minimum absolute atomic E-state index is 0.00879. The fourth-order valence-electron chi connectivity index (χ4n) is 3.33. The van der Waals surface area contributed by atoms with Crippen molar-refractivity contribution in [2.24, 2.45) is 0 Å². The Bertz CT molecular complexity index is 941. The zero-order chi connectivity index (χ0) is 19.1. The van der Waals surface area contributed by atoms with Gasteiger partial charge in [0.2, 0.25) is 0 Å². The molecule has 3 aromatic rings. The van der Waals surface area contributed by atoms with Crippen LogP contribution in [0.3, 0.4) is 0 Å². The molecule has 0 atom stereocenters. The van der Waals surface area contributed by atoms with Crippen molar-refractivity contribution in [1.29, 1.82) is 0 Å². The van der Waals surface area contributed by atoms with E-state index in [4.69, 9.17) is 0 Å². The van der Waals surface area contributed by atoms with Gasteiger partial charge in [0, 0.05) is 10.9 Å². The Hall–Kier alpha value is -2.55. The number of aromatic amines is 1.